The van der Waals surface area contributed by atoms with Crippen molar-refractivity contribution in [2.75, 3.05) is 54.1 Å². The highest BCUT2D eigenvalue weighted by molar-refractivity contribution is 6.33. The van der Waals surface area contributed by atoms with E-state index < -0.39 is 23.5 Å². The normalized spacial score (nSPS) is 14.2. The molecule has 194 valence electrons. The first-order valence-corrected chi connectivity index (χ1v) is 11.7. The van der Waals surface area contributed by atoms with Crippen molar-refractivity contribution < 1.29 is 18.0 Å². The van der Waals surface area contributed by atoms with Gasteiger partial charge < -0.3 is 25.8 Å². The van der Waals surface area contributed by atoms with E-state index >= 15 is 0 Å². The first-order chi connectivity index (χ1) is 17.6. The number of nitrogens with one attached hydrogen (secondary N) is 3. The van der Waals surface area contributed by atoms with Crippen molar-refractivity contribution in [2.45, 2.75) is 6.18 Å². The minimum atomic E-state index is -4.70. The number of amides is 1. The quantitative estimate of drug-likeness (QED) is 0.346. The maximum absolute atomic E-state index is 13.7. The number of alkyl halides is 3. The van der Waals surface area contributed by atoms with Crippen LogP contribution in [0.5, 0.6) is 0 Å². The summed E-state index contributed by atoms with van der Waals surface area (Å²) in [4.78, 5) is 23.9. The summed E-state index contributed by atoms with van der Waals surface area (Å²) in [6, 6.07) is 11.6. The van der Waals surface area contributed by atoms with E-state index in [0.717, 1.165) is 37.9 Å². The average molecular weight is 532 g/mol. The average Bonchev–Trinajstić information content (AvgIpc) is 2.85. The van der Waals surface area contributed by atoms with Crippen LogP contribution in [0, 0.1) is 0 Å². The van der Waals surface area contributed by atoms with Crippen LogP contribution in [0.2, 0.25) is 5.02 Å². The Kier molecular flexibility index (Phi) is 7.84. The Morgan fingerprint density at radius 1 is 1.08 bits per heavy atom. The zero-order valence-electron chi connectivity index (χ0n) is 19.9. The first-order valence-electron chi connectivity index (χ1n) is 11.4. The number of hydrogen-bond donors (Lipinski definition) is 3. The highest BCUT2D eigenvalue weighted by Gasteiger charge is 2.35. The molecule has 1 amide bonds. The zero-order chi connectivity index (χ0) is 26.6. The van der Waals surface area contributed by atoms with E-state index in [-0.39, 0.29) is 11.6 Å². The summed E-state index contributed by atoms with van der Waals surface area (Å²) < 4.78 is 41.0. The zero-order valence-corrected chi connectivity index (χ0v) is 20.7. The highest BCUT2D eigenvalue weighted by atomic mass is 35.5. The summed E-state index contributed by atoms with van der Waals surface area (Å²) in [6.07, 6.45) is -2.90. The molecule has 1 aliphatic rings. The minimum absolute atomic E-state index is 0.0686. The summed E-state index contributed by atoms with van der Waals surface area (Å²) in [6.45, 7) is 7.00. The molecule has 0 saturated carbocycles. The first kappa shape index (κ1) is 26.2. The highest BCUT2D eigenvalue weighted by Crippen LogP contribution is 2.36. The molecule has 0 aliphatic carbocycles. The van der Waals surface area contributed by atoms with E-state index in [2.05, 4.69) is 49.3 Å². The predicted molar refractivity (Wildman–Crippen MR) is 140 cm³/mol. The van der Waals surface area contributed by atoms with Gasteiger partial charge in [0, 0.05) is 49.4 Å². The van der Waals surface area contributed by atoms with E-state index in [0.29, 0.717) is 22.6 Å². The van der Waals surface area contributed by atoms with Crippen LogP contribution >= 0.6 is 11.6 Å². The molecule has 1 aromatic heterocycles. The van der Waals surface area contributed by atoms with Gasteiger partial charge in [-0.05, 0) is 49.5 Å². The Hall–Kier alpha value is -3.83. The second-order valence-electron chi connectivity index (χ2n) is 8.43. The van der Waals surface area contributed by atoms with Gasteiger partial charge in [0.2, 0.25) is 11.9 Å². The van der Waals surface area contributed by atoms with Crippen molar-refractivity contribution in [3.8, 4) is 0 Å². The predicted octanol–water partition coefficient (Wildman–Crippen LogP) is 5.51. The maximum Gasteiger partial charge on any atom is 0.421 e. The van der Waals surface area contributed by atoms with E-state index in [1.807, 2.05) is 12.1 Å². The van der Waals surface area contributed by atoms with Crippen molar-refractivity contribution in [1.29, 1.82) is 0 Å². The van der Waals surface area contributed by atoms with Crippen molar-refractivity contribution in [1.82, 2.24) is 14.9 Å². The number of aromatic nitrogens is 2. The molecule has 2 heterocycles. The van der Waals surface area contributed by atoms with Crippen LogP contribution in [0.1, 0.15) is 5.56 Å². The third kappa shape index (κ3) is 6.69. The molecule has 1 fully saturated rings. The lowest BCUT2D eigenvalue weighted by Crippen LogP contribution is -2.44. The molecule has 1 saturated heterocycles. The van der Waals surface area contributed by atoms with Gasteiger partial charge in [-0.25, -0.2) is 4.98 Å². The van der Waals surface area contributed by atoms with Crippen molar-refractivity contribution in [3.05, 3.63) is 71.9 Å². The fourth-order valence-electron chi connectivity index (χ4n) is 3.74. The summed E-state index contributed by atoms with van der Waals surface area (Å²) in [5, 5.41) is 8.53. The van der Waals surface area contributed by atoms with Crippen molar-refractivity contribution in [3.63, 3.8) is 0 Å². The summed E-state index contributed by atoms with van der Waals surface area (Å²) >= 11 is 6.48. The molecule has 37 heavy (non-hydrogen) atoms. The number of halogens is 4. The second kappa shape index (κ2) is 11.1. The number of carbonyl (C=O) groups excluding carboxylic acids is 1. The third-order valence-electron chi connectivity index (χ3n) is 5.74. The van der Waals surface area contributed by atoms with Crippen LogP contribution in [-0.4, -0.2) is 54.0 Å². The molecule has 0 atom stereocenters. The molecule has 4 rings (SSSR count). The van der Waals surface area contributed by atoms with Crippen LogP contribution in [0.4, 0.5) is 47.7 Å². The smallest absolute Gasteiger partial charge is 0.369 e. The Morgan fingerprint density at radius 3 is 2.49 bits per heavy atom. The van der Waals surface area contributed by atoms with Gasteiger partial charge >= 0.3 is 6.18 Å². The maximum atomic E-state index is 13.7. The third-order valence-corrected chi connectivity index (χ3v) is 6.05. The molecular formula is C25H25ClF3N7O. The lowest BCUT2D eigenvalue weighted by Gasteiger charge is -2.34. The molecule has 0 spiro atoms. The van der Waals surface area contributed by atoms with Crippen LogP contribution in [-0.2, 0) is 11.0 Å². The number of anilines is 6. The minimum Gasteiger partial charge on any atom is -0.369 e. The van der Waals surface area contributed by atoms with Gasteiger partial charge in [0.05, 0.1) is 10.7 Å². The molecule has 0 radical (unpaired) electrons. The number of piperazine rings is 1. The Morgan fingerprint density at radius 2 is 1.81 bits per heavy atom. The molecule has 12 heteroatoms. The van der Waals surface area contributed by atoms with E-state index in [9.17, 15) is 18.0 Å². The Labute approximate surface area is 217 Å². The van der Waals surface area contributed by atoms with Crippen LogP contribution < -0.4 is 20.9 Å². The molecule has 3 N–H and O–H groups in total. The van der Waals surface area contributed by atoms with Gasteiger partial charge in [-0.2, -0.15) is 18.2 Å². The molecule has 1 aliphatic heterocycles. The topological polar surface area (TPSA) is 85.4 Å². The summed E-state index contributed by atoms with van der Waals surface area (Å²) in [7, 11) is 2.07. The summed E-state index contributed by atoms with van der Waals surface area (Å²) in [5.74, 6) is -0.972. The molecule has 2 aromatic carbocycles. The van der Waals surface area contributed by atoms with E-state index in [1.54, 1.807) is 24.3 Å². The lowest BCUT2D eigenvalue weighted by atomic mass is 10.2. The van der Waals surface area contributed by atoms with Gasteiger partial charge in [0.15, 0.2) is 0 Å². The van der Waals surface area contributed by atoms with Crippen molar-refractivity contribution >= 4 is 52.0 Å². The largest absolute Gasteiger partial charge is 0.421 e. The molecule has 0 unspecified atom stereocenters. The number of likely N-dealkylation sites (N-methyl/N-ethyl adjacent to an activating group) is 1. The summed E-state index contributed by atoms with van der Waals surface area (Å²) in [5.41, 5.74) is 1.03. The number of benzene rings is 2. The molecular weight excluding hydrogens is 507 g/mol. The van der Waals surface area contributed by atoms with Crippen LogP contribution in [0.15, 0.2) is 61.3 Å². The number of hydrogen-bond acceptors (Lipinski definition) is 7. The van der Waals surface area contributed by atoms with Gasteiger partial charge in [-0.1, -0.05) is 24.2 Å². The SMILES string of the molecule is C=CC(=O)Nc1cccc(Nc2nc(Nc3ccc(N4CCN(C)CC4)cc3Cl)ncc2C(F)(F)F)c1. The van der Waals surface area contributed by atoms with Crippen LogP contribution in [0.25, 0.3) is 0 Å². The fourth-order valence-corrected chi connectivity index (χ4v) is 3.96. The van der Waals surface area contributed by atoms with Gasteiger partial charge in [0.25, 0.3) is 0 Å². The van der Waals surface area contributed by atoms with Gasteiger partial charge in [-0.3, -0.25) is 4.79 Å². The monoisotopic (exact) mass is 531 g/mol. The number of rotatable bonds is 7. The Bertz CT molecular complexity index is 1290. The van der Waals surface area contributed by atoms with Crippen LogP contribution in [0.3, 0.4) is 0 Å². The number of nitrogens with zero attached hydrogens (tertiary/aromatic N) is 4. The fraction of sp³-hybridized carbons (Fsp3) is 0.240. The van der Waals surface area contributed by atoms with Gasteiger partial charge in [-0.15, -0.1) is 0 Å². The van der Waals surface area contributed by atoms with E-state index in [4.69, 9.17) is 11.6 Å². The van der Waals surface area contributed by atoms with Crippen molar-refractivity contribution in [2.24, 2.45) is 0 Å². The van der Waals surface area contributed by atoms with E-state index in [1.165, 1.54) is 6.07 Å². The molecule has 0 bridgehead atoms. The standard InChI is InChI=1S/C25H25ClF3N7O/c1-3-22(37)31-16-5-4-6-17(13-16)32-23-19(25(27,28)29)15-30-24(34-23)33-21-8-7-18(14-20(21)26)36-11-9-35(2)10-12-36/h3-8,13-15H,1,9-12H2,2H3,(H,31,37)(H2,30,32,33,34). The lowest BCUT2D eigenvalue weighted by molar-refractivity contribution is -0.137. The number of carbonyl (C=O) groups is 1. The Balaban J connectivity index is 1.57. The second-order valence-corrected chi connectivity index (χ2v) is 8.84. The van der Waals surface area contributed by atoms with Gasteiger partial charge in [0.1, 0.15) is 11.4 Å². The molecule has 8 nitrogen and oxygen atoms in total. The molecule has 3 aromatic rings.